The van der Waals surface area contributed by atoms with Crippen LogP contribution in [0.25, 0.3) is 0 Å². The van der Waals surface area contributed by atoms with Crippen molar-refractivity contribution in [2.45, 2.75) is 5.92 Å². The van der Waals surface area contributed by atoms with Crippen molar-refractivity contribution in [1.82, 2.24) is 4.98 Å². The standard InChI is InChI=1S/C18H17N3O2/c19-8-13-4-3-7-17(20-13)21-9-15-14-5-1-2-6-16(14)23-12-18(15,10-21)11-22/h1-7,15,22H,9-12H2/t15-,18-/m1/s1. The summed E-state index contributed by atoms with van der Waals surface area (Å²) in [4.78, 5) is 6.54. The Morgan fingerprint density at radius 1 is 1.30 bits per heavy atom. The molecule has 1 N–H and O–H groups in total. The molecule has 3 heterocycles. The number of fused-ring (bicyclic) bond motifs is 3. The summed E-state index contributed by atoms with van der Waals surface area (Å²) >= 11 is 0. The summed E-state index contributed by atoms with van der Waals surface area (Å²) < 4.78 is 5.90. The van der Waals surface area contributed by atoms with Crippen LogP contribution in [0.4, 0.5) is 5.82 Å². The molecule has 2 aliphatic heterocycles. The summed E-state index contributed by atoms with van der Waals surface area (Å²) in [5.74, 6) is 1.89. The first-order chi connectivity index (χ1) is 11.3. The summed E-state index contributed by atoms with van der Waals surface area (Å²) in [5, 5.41) is 19.1. The Bertz CT molecular complexity index is 786. The highest BCUT2D eigenvalue weighted by Crippen LogP contribution is 2.49. The number of nitriles is 1. The van der Waals surface area contributed by atoms with Crippen LogP contribution in [-0.2, 0) is 0 Å². The van der Waals surface area contributed by atoms with Crippen molar-refractivity contribution in [3.63, 3.8) is 0 Å². The molecule has 1 aromatic carbocycles. The van der Waals surface area contributed by atoms with E-state index < -0.39 is 0 Å². The van der Waals surface area contributed by atoms with E-state index in [9.17, 15) is 5.11 Å². The minimum absolute atomic E-state index is 0.0699. The van der Waals surface area contributed by atoms with Gasteiger partial charge in [0.1, 0.15) is 23.3 Å². The Labute approximate surface area is 134 Å². The maximum atomic E-state index is 10.1. The Morgan fingerprint density at radius 2 is 2.17 bits per heavy atom. The fourth-order valence-electron chi connectivity index (χ4n) is 3.71. The second-order valence-electron chi connectivity index (χ2n) is 6.27. The minimum Gasteiger partial charge on any atom is -0.493 e. The summed E-state index contributed by atoms with van der Waals surface area (Å²) in [5.41, 5.74) is 1.23. The van der Waals surface area contributed by atoms with Crippen LogP contribution in [0.2, 0.25) is 0 Å². The third-order valence-corrected chi connectivity index (χ3v) is 4.95. The molecule has 23 heavy (non-hydrogen) atoms. The number of benzene rings is 1. The zero-order valence-corrected chi connectivity index (χ0v) is 12.6. The van der Waals surface area contributed by atoms with E-state index in [0.29, 0.717) is 18.8 Å². The summed E-state index contributed by atoms with van der Waals surface area (Å²) in [6.07, 6.45) is 0. The Morgan fingerprint density at radius 3 is 3.00 bits per heavy atom. The first-order valence-corrected chi connectivity index (χ1v) is 7.70. The van der Waals surface area contributed by atoms with Gasteiger partial charge in [0, 0.05) is 19.0 Å². The first-order valence-electron chi connectivity index (χ1n) is 7.70. The van der Waals surface area contributed by atoms with Crippen LogP contribution >= 0.6 is 0 Å². The fourth-order valence-corrected chi connectivity index (χ4v) is 3.71. The van der Waals surface area contributed by atoms with Crippen LogP contribution in [0.5, 0.6) is 5.75 Å². The highest BCUT2D eigenvalue weighted by molar-refractivity contribution is 5.49. The van der Waals surface area contributed by atoms with E-state index in [0.717, 1.165) is 23.7 Å². The van der Waals surface area contributed by atoms with Gasteiger partial charge in [-0.25, -0.2) is 4.98 Å². The highest BCUT2D eigenvalue weighted by Gasteiger charge is 2.51. The second kappa shape index (κ2) is 5.25. The zero-order valence-electron chi connectivity index (χ0n) is 12.6. The van der Waals surface area contributed by atoms with E-state index in [2.05, 4.69) is 22.0 Å². The van der Waals surface area contributed by atoms with E-state index in [1.807, 2.05) is 30.3 Å². The quantitative estimate of drug-likeness (QED) is 0.918. The maximum absolute atomic E-state index is 10.1. The molecule has 4 rings (SSSR count). The first kappa shape index (κ1) is 14.0. The Hall–Kier alpha value is -2.58. The predicted molar refractivity (Wildman–Crippen MR) is 85.4 cm³/mol. The molecule has 2 aromatic rings. The van der Waals surface area contributed by atoms with Gasteiger partial charge >= 0.3 is 0 Å². The van der Waals surface area contributed by atoms with Gasteiger partial charge in [0.05, 0.1) is 18.6 Å². The molecular formula is C18H17N3O2. The fraction of sp³-hybridized carbons (Fsp3) is 0.333. The lowest BCUT2D eigenvalue weighted by Crippen LogP contribution is -2.42. The molecule has 0 spiro atoms. The number of aliphatic hydroxyl groups excluding tert-OH is 1. The van der Waals surface area contributed by atoms with Crippen molar-refractivity contribution in [3.8, 4) is 11.8 Å². The number of nitrogens with zero attached hydrogens (tertiary/aromatic N) is 3. The molecule has 0 bridgehead atoms. The number of rotatable bonds is 2. The number of para-hydroxylation sites is 1. The third-order valence-electron chi connectivity index (χ3n) is 4.95. The van der Waals surface area contributed by atoms with E-state index in [4.69, 9.17) is 10.00 Å². The predicted octanol–water partition coefficient (Wildman–Crippen LogP) is 1.93. The van der Waals surface area contributed by atoms with Gasteiger partial charge in [-0.05, 0) is 23.8 Å². The van der Waals surface area contributed by atoms with Gasteiger partial charge in [-0.3, -0.25) is 0 Å². The third kappa shape index (κ3) is 2.14. The van der Waals surface area contributed by atoms with Crippen LogP contribution in [0.15, 0.2) is 42.5 Å². The average Bonchev–Trinajstić information content (AvgIpc) is 3.02. The smallest absolute Gasteiger partial charge is 0.142 e. The van der Waals surface area contributed by atoms with E-state index in [-0.39, 0.29) is 17.9 Å². The van der Waals surface area contributed by atoms with Crippen LogP contribution in [0.1, 0.15) is 17.2 Å². The lowest BCUT2D eigenvalue weighted by molar-refractivity contribution is 0.0535. The Balaban J connectivity index is 1.72. The van der Waals surface area contributed by atoms with Gasteiger partial charge in [0.25, 0.3) is 0 Å². The summed E-state index contributed by atoms with van der Waals surface area (Å²) in [7, 11) is 0. The van der Waals surface area contributed by atoms with Crippen molar-refractivity contribution < 1.29 is 9.84 Å². The number of aliphatic hydroxyl groups is 1. The summed E-state index contributed by atoms with van der Waals surface area (Å²) in [6, 6.07) is 15.6. The average molecular weight is 307 g/mol. The lowest BCUT2D eigenvalue weighted by atomic mass is 9.74. The molecule has 1 aromatic heterocycles. The molecule has 2 atom stereocenters. The number of aromatic nitrogens is 1. The van der Waals surface area contributed by atoms with Crippen molar-refractivity contribution in [2.24, 2.45) is 5.41 Å². The van der Waals surface area contributed by atoms with Gasteiger partial charge in [0.2, 0.25) is 0 Å². The van der Waals surface area contributed by atoms with Gasteiger partial charge in [-0.1, -0.05) is 24.3 Å². The minimum atomic E-state index is -0.321. The molecule has 5 nitrogen and oxygen atoms in total. The Kier molecular flexibility index (Phi) is 3.21. The second-order valence-corrected chi connectivity index (χ2v) is 6.27. The van der Waals surface area contributed by atoms with Gasteiger partial charge in [0.15, 0.2) is 0 Å². The van der Waals surface area contributed by atoms with Gasteiger partial charge < -0.3 is 14.7 Å². The van der Waals surface area contributed by atoms with Crippen molar-refractivity contribution in [2.75, 3.05) is 31.2 Å². The molecule has 2 aliphatic rings. The molecule has 0 aliphatic carbocycles. The molecule has 5 heteroatoms. The van der Waals surface area contributed by atoms with Crippen molar-refractivity contribution in [3.05, 3.63) is 53.7 Å². The molecule has 116 valence electrons. The number of hydrogen-bond acceptors (Lipinski definition) is 5. The molecular weight excluding hydrogens is 290 g/mol. The summed E-state index contributed by atoms with van der Waals surface area (Å²) in [6.45, 7) is 2.01. The normalized spacial score (nSPS) is 25.2. The molecule has 1 saturated heterocycles. The van der Waals surface area contributed by atoms with Crippen LogP contribution in [0.3, 0.4) is 0 Å². The largest absolute Gasteiger partial charge is 0.493 e. The highest BCUT2D eigenvalue weighted by atomic mass is 16.5. The van der Waals surface area contributed by atoms with E-state index in [1.54, 1.807) is 6.07 Å². The van der Waals surface area contributed by atoms with E-state index in [1.165, 1.54) is 0 Å². The number of anilines is 1. The lowest BCUT2D eigenvalue weighted by Gasteiger charge is -2.37. The van der Waals surface area contributed by atoms with E-state index >= 15 is 0 Å². The zero-order chi connectivity index (χ0) is 15.9. The monoisotopic (exact) mass is 307 g/mol. The number of hydrogen-bond donors (Lipinski definition) is 1. The number of pyridine rings is 1. The van der Waals surface area contributed by atoms with Gasteiger partial charge in [-0.2, -0.15) is 5.26 Å². The molecule has 0 amide bonds. The van der Waals surface area contributed by atoms with Gasteiger partial charge in [-0.15, -0.1) is 0 Å². The van der Waals surface area contributed by atoms with Crippen molar-refractivity contribution in [1.29, 1.82) is 5.26 Å². The van der Waals surface area contributed by atoms with Crippen LogP contribution in [-0.4, -0.2) is 36.4 Å². The SMILES string of the molecule is N#Cc1cccc(N2C[C@@H]3c4ccccc4OC[C@]3(CO)C2)n1. The molecule has 0 unspecified atom stereocenters. The topological polar surface area (TPSA) is 69.4 Å². The van der Waals surface area contributed by atoms with Crippen molar-refractivity contribution >= 4 is 5.82 Å². The van der Waals surface area contributed by atoms with Crippen LogP contribution < -0.4 is 9.64 Å². The molecule has 0 saturated carbocycles. The number of ether oxygens (including phenoxy) is 1. The molecule has 0 radical (unpaired) electrons. The maximum Gasteiger partial charge on any atom is 0.142 e. The molecule has 1 fully saturated rings. The van der Waals surface area contributed by atoms with Crippen LogP contribution in [0, 0.1) is 16.7 Å².